The summed E-state index contributed by atoms with van der Waals surface area (Å²) >= 11 is 0. The van der Waals surface area contributed by atoms with E-state index in [1.165, 1.54) is 0 Å². The standard InChI is InChI=1S/C20H31N5O2/c26-19(22-16-18-4-2-1-3-5-18)17-24-14-12-23(13-15-24)9-6-20(27)25-10-7-21-8-11-25/h1-5,21H,6-17H2,(H,22,26). The number of carbonyl (C=O) groups is 2. The van der Waals surface area contributed by atoms with Gasteiger partial charge in [-0.25, -0.2) is 0 Å². The molecule has 2 aliphatic heterocycles. The molecule has 148 valence electrons. The maximum absolute atomic E-state index is 12.2. The van der Waals surface area contributed by atoms with Crippen molar-refractivity contribution in [2.24, 2.45) is 0 Å². The van der Waals surface area contributed by atoms with Gasteiger partial charge in [-0.15, -0.1) is 0 Å². The largest absolute Gasteiger partial charge is 0.351 e. The molecule has 7 nitrogen and oxygen atoms in total. The predicted octanol–water partition coefficient (Wildman–Crippen LogP) is -0.258. The zero-order valence-corrected chi connectivity index (χ0v) is 16.0. The summed E-state index contributed by atoms with van der Waals surface area (Å²) in [5.74, 6) is 0.334. The van der Waals surface area contributed by atoms with E-state index in [0.29, 0.717) is 19.5 Å². The SMILES string of the molecule is O=C(CN1CCN(CCC(=O)N2CCNCC2)CC1)NCc1ccccc1. The predicted molar refractivity (Wildman–Crippen MR) is 105 cm³/mol. The van der Waals surface area contributed by atoms with Crippen molar-refractivity contribution in [2.75, 3.05) is 65.4 Å². The Morgan fingerprint density at radius 2 is 1.59 bits per heavy atom. The highest BCUT2D eigenvalue weighted by molar-refractivity contribution is 5.78. The van der Waals surface area contributed by atoms with Gasteiger partial charge in [0.2, 0.25) is 11.8 Å². The highest BCUT2D eigenvalue weighted by atomic mass is 16.2. The molecule has 0 bridgehead atoms. The minimum atomic E-state index is 0.0705. The lowest BCUT2D eigenvalue weighted by Gasteiger charge is -2.34. The molecule has 1 aromatic rings. The Hall–Kier alpha value is -1.96. The van der Waals surface area contributed by atoms with E-state index < -0.39 is 0 Å². The first-order valence-electron chi connectivity index (χ1n) is 9.94. The summed E-state index contributed by atoms with van der Waals surface area (Å²) in [7, 11) is 0. The first-order valence-corrected chi connectivity index (χ1v) is 9.94. The van der Waals surface area contributed by atoms with E-state index in [4.69, 9.17) is 0 Å². The number of piperazine rings is 2. The Kier molecular flexibility index (Phi) is 7.62. The van der Waals surface area contributed by atoms with Crippen molar-refractivity contribution in [3.63, 3.8) is 0 Å². The summed E-state index contributed by atoms with van der Waals surface area (Å²) in [6.07, 6.45) is 0.595. The molecule has 0 radical (unpaired) electrons. The molecule has 2 fully saturated rings. The van der Waals surface area contributed by atoms with Crippen LogP contribution >= 0.6 is 0 Å². The van der Waals surface area contributed by atoms with Gasteiger partial charge in [-0.3, -0.25) is 14.5 Å². The van der Waals surface area contributed by atoms with Gasteiger partial charge in [-0.1, -0.05) is 30.3 Å². The molecule has 7 heteroatoms. The summed E-state index contributed by atoms with van der Waals surface area (Å²) in [5, 5.41) is 6.26. The van der Waals surface area contributed by atoms with E-state index in [1.807, 2.05) is 35.2 Å². The Labute approximate surface area is 161 Å². The molecule has 0 saturated carbocycles. The van der Waals surface area contributed by atoms with Gasteiger partial charge < -0.3 is 20.4 Å². The molecule has 1 aromatic carbocycles. The quantitative estimate of drug-likeness (QED) is 0.690. The summed E-state index contributed by atoms with van der Waals surface area (Å²) in [5.41, 5.74) is 1.12. The van der Waals surface area contributed by atoms with Crippen molar-refractivity contribution < 1.29 is 9.59 Å². The molecule has 0 aliphatic carbocycles. The van der Waals surface area contributed by atoms with Crippen molar-refractivity contribution in [1.29, 1.82) is 0 Å². The summed E-state index contributed by atoms with van der Waals surface area (Å²) in [4.78, 5) is 30.9. The minimum absolute atomic E-state index is 0.0705. The second-order valence-electron chi connectivity index (χ2n) is 7.26. The monoisotopic (exact) mass is 373 g/mol. The Morgan fingerprint density at radius 1 is 0.926 bits per heavy atom. The molecular weight excluding hydrogens is 342 g/mol. The lowest BCUT2D eigenvalue weighted by atomic mass is 10.2. The summed E-state index contributed by atoms with van der Waals surface area (Å²) in [6.45, 7) is 8.87. The second kappa shape index (κ2) is 10.4. The van der Waals surface area contributed by atoms with Crippen molar-refractivity contribution in [2.45, 2.75) is 13.0 Å². The maximum atomic E-state index is 12.2. The normalized spacial score (nSPS) is 19.0. The van der Waals surface area contributed by atoms with Gasteiger partial charge in [0, 0.05) is 71.9 Å². The number of nitrogens with one attached hydrogen (secondary N) is 2. The summed E-state index contributed by atoms with van der Waals surface area (Å²) in [6, 6.07) is 9.96. The van der Waals surface area contributed by atoms with Crippen molar-refractivity contribution in [3.05, 3.63) is 35.9 Å². The zero-order chi connectivity index (χ0) is 18.9. The van der Waals surface area contributed by atoms with Crippen LogP contribution in [0.2, 0.25) is 0 Å². The van der Waals surface area contributed by atoms with Gasteiger partial charge in [0.1, 0.15) is 0 Å². The third kappa shape index (κ3) is 6.61. The summed E-state index contributed by atoms with van der Waals surface area (Å²) < 4.78 is 0. The van der Waals surface area contributed by atoms with Crippen LogP contribution in [0.1, 0.15) is 12.0 Å². The Morgan fingerprint density at radius 3 is 2.30 bits per heavy atom. The first-order chi connectivity index (χ1) is 13.2. The number of nitrogens with zero attached hydrogens (tertiary/aromatic N) is 3. The van der Waals surface area contributed by atoms with Gasteiger partial charge in [0.05, 0.1) is 6.54 Å². The van der Waals surface area contributed by atoms with Crippen molar-refractivity contribution in [3.8, 4) is 0 Å². The molecule has 27 heavy (non-hydrogen) atoms. The van der Waals surface area contributed by atoms with Crippen LogP contribution in [0.3, 0.4) is 0 Å². The van der Waals surface area contributed by atoms with Crippen LogP contribution in [0.25, 0.3) is 0 Å². The number of hydrogen-bond acceptors (Lipinski definition) is 5. The molecule has 3 rings (SSSR count). The van der Waals surface area contributed by atoms with E-state index >= 15 is 0 Å². The van der Waals surface area contributed by atoms with Gasteiger partial charge in [0.15, 0.2) is 0 Å². The third-order valence-electron chi connectivity index (χ3n) is 5.28. The number of amides is 2. The number of benzene rings is 1. The molecule has 0 atom stereocenters. The molecule has 2 aliphatic rings. The number of hydrogen-bond donors (Lipinski definition) is 2. The molecular formula is C20H31N5O2. The fraction of sp³-hybridized carbons (Fsp3) is 0.600. The van der Waals surface area contributed by atoms with E-state index in [2.05, 4.69) is 20.4 Å². The smallest absolute Gasteiger partial charge is 0.234 e. The lowest BCUT2D eigenvalue weighted by Crippen LogP contribution is -2.50. The van der Waals surface area contributed by atoms with E-state index in [1.54, 1.807) is 0 Å². The highest BCUT2D eigenvalue weighted by Crippen LogP contribution is 2.05. The van der Waals surface area contributed by atoms with Crippen LogP contribution in [0.5, 0.6) is 0 Å². The Bertz CT molecular complexity index is 596. The average Bonchev–Trinajstić information content (AvgIpc) is 2.73. The molecule has 2 amide bonds. The third-order valence-corrected chi connectivity index (χ3v) is 5.28. The van der Waals surface area contributed by atoms with Crippen molar-refractivity contribution >= 4 is 11.8 Å². The highest BCUT2D eigenvalue weighted by Gasteiger charge is 2.21. The molecule has 2 N–H and O–H groups in total. The van der Waals surface area contributed by atoms with Gasteiger partial charge >= 0.3 is 0 Å². The van der Waals surface area contributed by atoms with Crippen LogP contribution in [-0.2, 0) is 16.1 Å². The van der Waals surface area contributed by atoms with Crippen LogP contribution in [0.15, 0.2) is 30.3 Å². The Balaban J connectivity index is 1.29. The zero-order valence-electron chi connectivity index (χ0n) is 16.0. The van der Waals surface area contributed by atoms with Crippen molar-refractivity contribution in [1.82, 2.24) is 25.3 Å². The number of rotatable bonds is 7. The molecule has 0 spiro atoms. The fourth-order valence-corrected chi connectivity index (χ4v) is 3.55. The van der Waals surface area contributed by atoms with Crippen LogP contribution < -0.4 is 10.6 Å². The van der Waals surface area contributed by atoms with Gasteiger partial charge in [0.25, 0.3) is 0 Å². The van der Waals surface area contributed by atoms with Gasteiger partial charge in [-0.05, 0) is 5.56 Å². The number of carbonyl (C=O) groups excluding carboxylic acids is 2. The average molecular weight is 374 g/mol. The van der Waals surface area contributed by atoms with E-state index in [0.717, 1.165) is 64.5 Å². The second-order valence-corrected chi connectivity index (χ2v) is 7.26. The molecule has 0 unspecified atom stereocenters. The molecule has 2 heterocycles. The topological polar surface area (TPSA) is 67.9 Å². The fourth-order valence-electron chi connectivity index (χ4n) is 3.55. The molecule has 0 aromatic heterocycles. The van der Waals surface area contributed by atoms with Crippen LogP contribution in [0.4, 0.5) is 0 Å². The molecule has 2 saturated heterocycles. The van der Waals surface area contributed by atoms with Crippen LogP contribution in [-0.4, -0.2) is 92.0 Å². The van der Waals surface area contributed by atoms with E-state index in [-0.39, 0.29) is 11.8 Å². The van der Waals surface area contributed by atoms with Crippen LogP contribution in [0, 0.1) is 0 Å². The van der Waals surface area contributed by atoms with E-state index in [9.17, 15) is 9.59 Å². The maximum Gasteiger partial charge on any atom is 0.234 e. The minimum Gasteiger partial charge on any atom is -0.351 e. The lowest BCUT2D eigenvalue weighted by molar-refractivity contribution is -0.132. The van der Waals surface area contributed by atoms with Gasteiger partial charge in [-0.2, -0.15) is 0 Å². The first kappa shape index (κ1) is 19.8.